The maximum atomic E-state index is 4.75. The zero-order valence-corrected chi connectivity index (χ0v) is 12.2. The maximum absolute atomic E-state index is 4.75. The Morgan fingerprint density at radius 3 is 2.90 bits per heavy atom. The Morgan fingerprint density at radius 1 is 1.10 bits per heavy atom. The molecule has 1 aromatic rings. The van der Waals surface area contributed by atoms with Crippen LogP contribution in [0.3, 0.4) is 0 Å². The van der Waals surface area contributed by atoms with Crippen LogP contribution in [0.25, 0.3) is 5.57 Å². The molecule has 0 bridgehead atoms. The van der Waals surface area contributed by atoms with Crippen molar-refractivity contribution in [2.45, 2.75) is 25.7 Å². The number of nitrogens with one attached hydrogen (secondary N) is 1. The van der Waals surface area contributed by atoms with Gasteiger partial charge in [-0.05, 0) is 61.5 Å². The van der Waals surface area contributed by atoms with E-state index < -0.39 is 0 Å². The summed E-state index contributed by atoms with van der Waals surface area (Å²) in [5.41, 5.74) is 8.44. The molecule has 0 aromatic carbocycles. The minimum atomic E-state index is 0.999. The van der Waals surface area contributed by atoms with Gasteiger partial charge in [0, 0.05) is 11.8 Å². The molecule has 1 N–H and O–H groups in total. The number of piperidine rings is 1. The summed E-state index contributed by atoms with van der Waals surface area (Å²) in [6, 6.07) is 4.29. The molecule has 4 rings (SSSR count). The highest BCUT2D eigenvalue weighted by atomic mass is 14.9. The maximum Gasteiger partial charge on any atom is 0.0742 e. The number of hydrogen-bond donors (Lipinski definition) is 1. The summed E-state index contributed by atoms with van der Waals surface area (Å²) in [4.78, 5) is 4.75. The first-order valence-corrected chi connectivity index (χ1v) is 7.87. The molecule has 2 nitrogen and oxygen atoms in total. The van der Waals surface area contributed by atoms with E-state index in [1.165, 1.54) is 28.0 Å². The molecule has 1 saturated heterocycles. The van der Waals surface area contributed by atoms with E-state index in [9.17, 15) is 0 Å². The van der Waals surface area contributed by atoms with Crippen LogP contribution in [0.4, 0.5) is 0 Å². The Bertz CT molecular complexity index is 681. The Balaban J connectivity index is 1.95. The zero-order chi connectivity index (χ0) is 14.1. The van der Waals surface area contributed by atoms with Gasteiger partial charge in [-0.25, -0.2) is 0 Å². The minimum absolute atomic E-state index is 0.999. The lowest BCUT2D eigenvalue weighted by Crippen LogP contribution is -2.24. The largest absolute Gasteiger partial charge is 0.316 e. The van der Waals surface area contributed by atoms with E-state index in [0.29, 0.717) is 0 Å². The first kappa shape index (κ1) is 12.8. The molecule has 0 unspecified atom stereocenters. The van der Waals surface area contributed by atoms with Crippen molar-refractivity contribution in [3.8, 4) is 0 Å². The molecular weight excluding hydrogens is 256 g/mol. The summed E-state index contributed by atoms with van der Waals surface area (Å²) in [7, 11) is 0. The van der Waals surface area contributed by atoms with Crippen molar-refractivity contribution in [1.82, 2.24) is 10.3 Å². The standard InChI is InChI=1S/C19H20N2/c1-2-6-17-14(4-1)7-8-16-5-3-11-21-19(16)18(17)15-9-12-20-13-10-15/h1-3,5-7,11,20H,4,8-10,12-13H2. The Kier molecular flexibility index (Phi) is 3.32. The van der Waals surface area contributed by atoms with E-state index in [1.807, 2.05) is 6.20 Å². The van der Waals surface area contributed by atoms with Crippen molar-refractivity contribution >= 4 is 5.57 Å². The first-order chi connectivity index (χ1) is 10.4. The van der Waals surface area contributed by atoms with E-state index in [2.05, 4.69) is 41.8 Å². The van der Waals surface area contributed by atoms with Crippen molar-refractivity contribution in [2.75, 3.05) is 13.1 Å². The van der Waals surface area contributed by atoms with E-state index >= 15 is 0 Å². The number of hydrogen-bond acceptors (Lipinski definition) is 2. The highest BCUT2D eigenvalue weighted by Crippen LogP contribution is 2.40. The van der Waals surface area contributed by atoms with Gasteiger partial charge in [0.15, 0.2) is 0 Å². The first-order valence-electron chi connectivity index (χ1n) is 7.87. The number of pyridine rings is 1. The molecule has 1 aromatic heterocycles. The van der Waals surface area contributed by atoms with Gasteiger partial charge in [0.05, 0.1) is 5.69 Å². The monoisotopic (exact) mass is 276 g/mol. The van der Waals surface area contributed by atoms with Gasteiger partial charge >= 0.3 is 0 Å². The van der Waals surface area contributed by atoms with Gasteiger partial charge in [0.1, 0.15) is 0 Å². The molecule has 0 radical (unpaired) electrons. The lowest BCUT2D eigenvalue weighted by molar-refractivity contribution is 0.611. The topological polar surface area (TPSA) is 24.9 Å². The molecule has 2 heterocycles. The van der Waals surface area contributed by atoms with Crippen molar-refractivity contribution < 1.29 is 0 Å². The van der Waals surface area contributed by atoms with Crippen LogP contribution in [0.15, 0.2) is 59.4 Å². The smallest absolute Gasteiger partial charge is 0.0742 e. The number of allylic oxidation sites excluding steroid dienone is 7. The van der Waals surface area contributed by atoms with Gasteiger partial charge in [0.2, 0.25) is 0 Å². The van der Waals surface area contributed by atoms with Crippen LogP contribution >= 0.6 is 0 Å². The zero-order valence-electron chi connectivity index (χ0n) is 12.2. The molecule has 21 heavy (non-hydrogen) atoms. The third-order valence-electron chi connectivity index (χ3n) is 4.61. The van der Waals surface area contributed by atoms with Crippen molar-refractivity contribution in [3.05, 3.63) is 70.6 Å². The Morgan fingerprint density at radius 2 is 2.00 bits per heavy atom. The predicted octanol–water partition coefficient (Wildman–Crippen LogP) is 3.59. The second kappa shape index (κ2) is 5.45. The van der Waals surface area contributed by atoms with Crippen LogP contribution < -0.4 is 5.32 Å². The van der Waals surface area contributed by atoms with E-state index in [-0.39, 0.29) is 0 Å². The van der Waals surface area contributed by atoms with Crippen molar-refractivity contribution in [1.29, 1.82) is 0 Å². The fraction of sp³-hybridized carbons (Fsp3) is 0.316. The Labute approximate surface area is 126 Å². The number of rotatable bonds is 0. The highest BCUT2D eigenvalue weighted by molar-refractivity contribution is 5.87. The average Bonchev–Trinajstić information content (AvgIpc) is 2.72. The van der Waals surface area contributed by atoms with Crippen LogP contribution in [-0.2, 0) is 6.42 Å². The number of aromatic nitrogens is 1. The molecule has 1 aliphatic heterocycles. The van der Waals surface area contributed by atoms with Gasteiger partial charge in [0.25, 0.3) is 0 Å². The lowest BCUT2D eigenvalue weighted by Gasteiger charge is -2.23. The lowest BCUT2D eigenvalue weighted by atomic mass is 9.85. The fourth-order valence-electron chi connectivity index (χ4n) is 3.54. The van der Waals surface area contributed by atoms with Gasteiger partial charge in [-0.1, -0.05) is 35.9 Å². The van der Waals surface area contributed by atoms with Gasteiger partial charge in [-0.2, -0.15) is 0 Å². The number of fused-ring (bicyclic) bond motifs is 2. The average molecular weight is 276 g/mol. The van der Waals surface area contributed by atoms with Crippen LogP contribution in [0.1, 0.15) is 30.5 Å². The molecule has 0 saturated carbocycles. The molecular formula is C19H20N2. The normalized spacial score (nSPS) is 21.1. The van der Waals surface area contributed by atoms with Gasteiger partial charge in [-0.15, -0.1) is 0 Å². The quantitative estimate of drug-likeness (QED) is 0.783. The molecule has 0 amide bonds. The summed E-state index contributed by atoms with van der Waals surface area (Å²) in [6.07, 6.45) is 15.4. The summed E-state index contributed by atoms with van der Waals surface area (Å²) in [5.74, 6) is 0. The Hall–Kier alpha value is -1.93. The second-order valence-electron chi connectivity index (χ2n) is 5.89. The van der Waals surface area contributed by atoms with Crippen LogP contribution in [0.5, 0.6) is 0 Å². The van der Waals surface area contributed by atoms with Gasteiger partial charge < -0.3 is 5.32 Å². The van der Waals surface area contributed by atoms with Crippen LogP contribution in [0.2, 0.25) is 0 Å². The van der Waals surface area contributed by atoms with Crippen molar-refractivity contribution in [3.63, 3.8) is 0 Å². The summed E-state index contributed by atoms with van der Waals surface area (Å²) < 4.78 is 0. The predicted molar refractivity (Wildman–Crippen MR) is 86.9 cm³/mol. The summed E-state index contributed by atoms with van der Waals surface area (Å²) in [5, 5.41) is 3.46. The van der Waals surface area contributed by atoms with Crippen LogP contribution in [0, 0.1) is 0 Å². The SMILES string of the molecule is C1=CCC2=CCc3cccnc3C(=C3CCNCC3)C2=C1. The molecule has 106 valence electrons. The molecule has 2 heteroatoms. The van der Waals surface area contributed by atoms with E-state index in [1.54, 1.807) is 5.57 Å². The molecule has 0 spiro atoms. The second-order valence-corrected chi connectivity index (χ2v) is 5.89. The highest BCUT2D eigenvalue weighted by Gasteiger charge is 2.24. The summed E-state index contributed by atoms with van der Waals surface area (Å²) in [6.45, 7) is 2.17. The third-order valence-corrected chi connectivity index (χ3v) is 4.61. The summed E-state index contributed by atoms with van der Waals surface area (Å²) >= 11 is 0. The molecule has 3 aliphatic rings. The van der Waals surface area contributed by atoms with Gasteiger partial charge in [-0.3, -0.25) is 4.98 Å². The van der Waals surface area contributed by atoms with E-state index in [0.717, 1.165) is 38.8 Å². The molecule has 1 fully saturated rings. The number of nitrogens with zero attached hydrogens (tertiary/aromatic N) is 1. The van der Waals surface area contributed by atoms with E-state index in [4.69, 9.17) is 4.98 Å². The minimum Gasteiger partial charge on any atom is -0.316 e. The van der Waals surface area contributed by atoms with Crippen LogP contribution in [-0.4, -0.2) is 18.1 Å². The fourth-order valence-corrected chi connectivity index (χ4v) is 3.54. The molecule has 0 atom stereocenters. The molecule has 2 aliphatic carbocycles. The third kappa shape index (κ3) is 2.30. The van der Waals surface area contributed by atoms with Crippen molar-refractivity contribution in [2.24, 2.45) is 0 Å².